The second-order valence-corrected chi connectivity index (χ2v) is 5.56. The summed E-state index contributed by atoms with van der Waals surface area (Å²) in [6, 6.07) is 11.0. The van der Waals surface area contributed by atoms with Crippen molar-refractivity contribution in [3.05, 3.63) is 52.3 Å². The summed E-state index contributed by atoms with van der Waals surface area (Å²) in [6.07, 6.45) is 3.06. The number of hydrogen-bond acceptors (Lipinski definition) is 2. The van der Waals surface area contributed by atoms with Gasteiger partial charge in [-0.15, -0.1) is 0 Å². The normalized spacial score (nSPS) is 12.6. The van der Waals surface area contributed by atoms with E-state index in [4.69, 9.17) is 11.6 Å². The summed E-state index contributed by atoms with van der Waals surface area (Å²) in [7, 11) is 3.96. The van der Waals surface area contributed by atoms with Crippen LogP contribution in [0.25, 0.3) is 0 Å². The highest BCUT2D eigenvalue weighted by molar-refractivity contribution is 6.31. The lowest BCUT2D eigenvalue weighted by Gasteiger charge is -2.16. The van der Waals surface area contributed by atoms with Crippen molar-refractivity contribution >= 4 is 11.6 Å². The van der Waals surface area contributed by atoms with Gasteiger partial charge in [0.15, 0.2) is 0 Å². The largest absolute Gasteiger partial charge is 0.317 e. The Hall–Kier alpha value is -1.32. The number of aromatic nitrogens is 2. The van der Waals surface area contributed by atoms with Crippen molar-refractivity contribution < 1.29 is 0 Å². The minimum absolute atomic E-state index is 0.405. The molecule has 0 saturated carbocycles. The van der Waals surface area contributed by atoms with Gasteiger partial charge in [0, 0.05) is 19.5 Å². The number of halogens is 1. The Kier molecular flexibility index (Phi) is 5.21. The molecule has 2 rings (SSSR count). The molecule has 1 aromatic heterocycles. The van der Waals surface area contributed by atoms with Crippen molar-refractivity contribution in [1.29, 1.82) is 0 Å². The number of nitrogens with one attached hydrogen (secondary N) is 1. The van der Waals surface area contributed by atoms with Crippen LogP contribution in [0.1, 0.15) is 23.4 Å². The van der Waals surface area contributed by atoms with Crippen LogP contribution in [0, 0.1) is 6.92 Å². The lowest BCUT2D eigenvalue weighted by Crippen LogP contribution is -2.29. The van der Waals surface area contributed by atoms with Gasteiger partial charge in [-0.25, -0.2) is 0 Å². The zero-order chi connectivity index (χ0) is 14.5. The van der Waals surface area contributed by atoms with Gasteiger partial charge in [0.1, 0.15) is 0 Å². The lowest BCUT2D eigenvalue weighted by molar-refractivity contribution is 0.503. The monoisotopic (exact) mass is 291 g/mol. The van der Waals surface area contributed by atoms with E-state index < -0.39 is 0 Å². The van der Waals surface area contributed by atoms with E-state index in [1.54, 1.807) is 0 Å². The van der Waals surface area contributed by atoms with Gasteiger partial charge in [-0.1, -0.05) is 41.9 Å². The first-order chi connectivity index (χ1) is 9.61. The first-order valence-electron chi connectivity index (χ1n) is 7.01. The van der Waals surface area contributed by atoms with Gasteiger partial charge in [0.25, 0.3) is 0 Å². The van der Waals surface area contributed by atoms with Gasteiger partial charge in [-0.2, -0.15) is 5.10 Å². The van der Waals surface area contributed by atoms with E-state index in [-0.39, 0.29) is 0 Å². The van der Waals surface area contributed by atoms with E-state index >= 15 is 0 Å². The molecule has 20 heavy (non-hydrogen) atoms. The molecule has 1 atom stereocenters. The van der Waals surface area contributed by atoms with Gasteiger partial charge in [-0.3, -0.25) is 4.68 Å². The standard InChI is InChI=1S/C16H22ClN3/c1-12-16(17)15(20(3)19-12)11-14(18-2)10-9-13-7-5-4-6-8-13/h4-8,14,18H,9-11H2,1-3H3. The summed E-state index contributed by atoms with van der Waals surface area (Å²) in [6.45, 7) is 1.95. The minimum Gasteiger partial charge on any atom is -0.317 e. The summed E-state index contributed by atoms with van der Waals surface area (Å²) < 4.78 is 1.89. The summed E-state index contributed by atoms with van der Waals surface area (Å²) in [5.74, 6) is 0. The second-order valence-electron chi connectivity index (χ2n) is 5.18. The fraction of sp³-hybridized carbons (Fsp3) is 0.438. The van der Waals surface area contributed by atoms with Crippen molar-refractivity contribution in [2.45, 2.75) is 32.2 Å². The molecule has 4 heteroatoms. The smallest absolute Gasteiger partial charge is 0.0847 e. The van der Waals surface area contributed by atoms with Crippen LogP contribution >= 0.6 is 11.6 Å². The molecule has 0 aliphatic carbocycles. The highest BCUT2D eigenvalue weighted by Gasteiger charge is 2.15. The zero-order valence-corrected chi connectivity index (χ0v) is 13.1. The molecule has 0 saturated heterocycles. The Morgan fingerprint density at radius 3 is 2.55 bits per heavy atom. The molecule has 0 bridgehead atoms. The fourth-order valence-electron chi connectivity index (χ4n) is 2.47. The van der Waals surface area contributed by atoms with Gasteiger partial charge in [-0.05, 0) is 32.4 Å². The Morgan fingerprint density at radius 2 is 2.00 bits per heavy atom. The van der Waals surface area contributed by atoms with Crippen LogP contribution in [-0.4, -0.2) is 22.9 Å². The molecule has 1 heterocycles. The van der Waals surface area contributed by atoms with Gasteiger partial charge >= 0.3 is 0 Å². The average molecular weight is 292 g/mol. The van der Waals surface area contributed by atoms with Crippen LogP contribution in [0.2, 0.25) is 5.02 Å². The summed E-state index contributed by atoms with van der Waals surface area (Å²) in [4.78, 5) is 0. The van der Waals surface area contributed by atoms with Crippen molar-refractivity contribution in [1.82, 2.24) is 15.1 Å². The molecular weight excluding hydrogens is 270 g/mol. The molecule has 1 unspecified atom stereocenters. The van der Waals surface area contributed by atoms with Gasteiger partial charge < -0.3 is 5.32 Å². The molecule has 0 fully saturated rings. The number of likely N-dealkylation sites (N-methyl/N-ethyl adjacent to an activating group) is 1. The second kappa shape index (κ2) is 6.91. The van der Waals surface area contributed by atoms with E-state index in [1.807, 2.05) is 25.7 Å². The summed E-state index contributed by atoms with van der Waals surface area (Å²) in [5.41, 5.74) is 3.39. The van der Waals surface area contributed by atoms with E-state index in [0.717, 1.165) is 35.7 Å². The van der Waals surface area contributed by atoms with Gasteiger partial charge in [0.2, 0.25) is 0 Å². The quantitative estimate of drug-likeness (QED) is 0.886. The highest BCUT2D eigenvalue weighted by atomic mass is 35.5. The lowest BCUT2D eigenvalue weighted by atomic mass is 10.0. The number of rotatable bonds is 6. The maximum Gasteiger partial charge on any atom is 0.0847 e. The molecule has 0 aliphatic rings. The van der Waals surface area contributed by atoms with Crippen LogP contribution in [0.4, 0.5) is 0 Å². The van der Waals surface area contributed by atoms with Crippen LogP contribution < -0.4 is 5.32 Å². The summed E-state index contributed by atoms with van der Waals surface area (Å²) in [5, 5.41) is 8.56. The topological polar surface area (TPSA) is 29.9 Å². The van der Waals surface area contributed by atoms with Gasteiger partial charge in [0.05, 0.1) is 16.4 Å². The Labute approximate surface area is 126 Å². The Balaban J connectivity index is 1.99. The molecule has 2 aromatic rings. The van der Waals surface area contributed by atoms with Crippen molar-refractivity contribution in [2.75, 3.05) is 7.05 Å². The molecule has 0 spiro atoms. The van der Waals surface area contributed by atoms with Crippen LogP contribution in [-0.2, 0) is 19.9 Å². The molecule has 108 valence electrons. The number of nitrogens with zero attached hydrogens (tertiary/aromatic N) is 2. The van der Waals surface area contributed by atoms with Crippen molar-refractivity contribution in [3.8, 4) is 0 Å². The Morgan fingerprint density at radius 1 is 1.30 bits per heavy atom. The third kappa shape index (κ3) is 3.62. The third-order valence-electron chi connectivity index (χ3n) is 3.73. The maximum absolute atomic E-state index is 6.32. The molecular formula is C16H22ClN3. The molecule has 1 aromatic carbocycles. The molecule has 1 N–H and O–H groups in total. The van der Waals surface area contributed by atoms with Crippen molar-refractivity contribution in [2.24, 2.45) is 7.05 Å². The minimum atomic E-state index is 0.405. The molecule has 0 amide bonds. The van der Waals surface area contributed by atoms with E-state index in [1.165, 1.54) is 5.56 Å². The zero-order valence-electron chi connectivity index (χ0n) is 12.4. The highest BCUT2D eigenvalue weighted by Crippen LogP contribution is 2.21. The Bertz CT molecular complexity index is 548. The predicted octanol–water partition coefficient (Wildman–Crippen LogP) is 3.15. The number of benzene rings is 1. The van der Waals surface area contributed by atoms with Crippen molar-refractivity contribution in [3.63, 3.8) is 0 Å². The fourth-order valence-corrected chi connectivity index (χ4v) is 2.71. The van der Waals surface area contributed by atoms with Crippen LogP contribution in [0.5, 0.6) is 0 Å². The average Bonchev–Trinajstić information content (AvgIpc) is 2.70. The third-order valence-corrected chi connectivity index (χ3v) is 4.23. The van der Waals surface area contributed by atoms with Crippen LogP contribution in [0.3, 0.4) is 0 Å². The first kappa shape index (κ1) is 15.1. The number of hydrogen-bond donors (Lipinski definition) is 1. The van der Waals surface area contributed by atoms with Crippen LogP contribution in [0.15, 0.2) is 30.3 Å². The molecule has 0 radical (unpaired) electrons. The van der Waals surface area contributed by atoms with E-state index in [2.05, 4.69) is 40.7 Å². The number of aryl methyl sites for hydroxylation is 3. The first-order valence-corrected chi connectivity index (χ1v) is 7.38. The SMILES string of the molecule is CNC(CCc1ccccc1)Cc1c(Cl)c(C)nn1C. The molecule has 0 aliphatic heterocycles. The van der Waals surface area contributed by atoms with E-state index in [9.17, 15) is 0 Å². The summed E-state index contributed by atoms with van der Waals surface area (Å²) >= 11 is 6.32. The molecule has 3 nitrogen and oxygen atoms in total. The van der Waals surface area contributed by atoms with E-state index in [0.29, 0.717) is 6.04 Å². The predicted molar refractivity (Wildman–Crippen MR) is 84.3 cm³/mol. The maximum atomic E-state index is 6.32.